The fraction of sp³-hybridized carbons (Fsp3) is 0.318. The lowest BCUT2D eigenvalue weighted by Gasteiger charge is -2.27. The number of aryl methyl sites for hydroxylation is 1. The lowest BCUT2D eigenvalue weighted by molar-refractivity contribution is 0.386. The third-order valence-electron chi connectivity index (χ3n) is 4.99. The third kappa shape index (κ3) is 3.79. The van der Waals surface area contributed by atoms with E-state index in [0.29, 0.717) is 23.3 Å². The maximum absolute atomic E-state index is 13.8. The molecule has 146 valence electrons. The molecule has 3 N–H and O–H groups in total. The molecule has 1 atom stereocenters. The fourth-order valence-corrected chi connectivity index (χ4v) is 3.52. The predicted molar refractivity (Wildman–Crippen MR) is 102 cm³/mol. The third-order valence-corrected chi connectivity index (χ3v) is 4.99. The van der Waals surface area contributed by atoms with Gasteiger partial charge in [0.25, 0.3) is 0 Å². The summed E-state index contributed by atoms with van der Waals surface area (Å²) in [4.78, 5) is 0. The topological polar surface area (TPSA) is 79.3 Å². The van der Waals surface area contributed by atoms with E-state index >= 15 is 0 Å². The van der Waals surface area contributed by atoms with Crippen LogP contribution in [0.3, 0.4) is 0 Å². The number of nitrogens with zero attached hydrogens (tertiary/aromatic N) is 1. The second-order valence-electron chi connectivity index (χ2n) is 6.93. The molecule has 2 aromatic carbocycles. The van der Waals surface area contributed by atoms with Gasteiger partial charge in [0.2, 0.25) is 5.88 Å². The van der Waals surface area contributed by atoms with E-state index in [9.17, 15) is 19.1 Å². The Kier molecular flexibility index (Phi) is 5.84. The van der Waals surface area contributed by atoms with Crippen molar-refractivity contribution in [1.29, 1.82) is 5.26 Å². The number of rotatable bonds is 6. The minimum atomic E-state index is -1.00. The maximum atomic E-state index is 13.8. The summed E-state index contributed by atoms with van der Waals surface area (Å²) in [7, 11) is 0. The number of allylic oxidation sites excluding steroid dienone is 1. The monoisotopic (exact) mass is 384 g/mol. The largest absolute Gasteiger partial charge is 0.508 e. The smallest absolute Gasteiger partial charge is 0.205 e. The Labute approximate surface area is 162 Å². The van der Waals surface area contributed by atoms with Crippen molar-refractivity contribution in [3.8, 4) is 17.6 Å². The molecular formula is C22H22F2N2O2. The van der Waals surface area contributed by atoms with Gasteiger partial charge in [-0.25, -0.2) is 8.78 Å². The first-order chi connectivity index (χ1) is 13.5. The van der Waals surface area contributed by atoms with Crippen LogP contribution < -0.4 is 10.5 Å². The molecule has 2 aromatic rings. The van der Waals surface area contributed by atoms with Crippen molar-refractivity contribution in [3.05, 3.63) is 70.1 Å². The van der Waals surface area contributed by atoms with Crippen LogP contribution in [0.15, 0.2) is 41.8 Å². The Morgan fingerprint density at radius 3 is 2.61 bits per heavy atom. The summed E-state index contributed by atoms with van der Waals surface area (Å²) in [5, 5.41) is 19.9. The van der Waals surface area contributed by atoms with Crippen molar-refractivity contribution in [2.24, 2.45) is 5.73 Å². The standard InChI is InChI=1S/C22H22F2N2O2/c1-2-3-4-5-6-13-9-15-20(11-19(13)27)28-22(26)16(12-25)21(15)14-7-8-17(23)18(24)10-14/h7-11,21,27H,2-6,26H2,1H3/t21-/m0/s1. The molecule has 1 aliphatic heterocycles. The molecule has 0 aromatic heterocycles. The van der Waals surface area contributed by atoms with Gasteiger partial charge in [-0.1, -0.05) is 32.3 Å². The van der Waals surface area contributed by atoms with Gasteiger partial charge in [-0.3, -0.25) is 0 Å². The molecule has 0 fully saturated rings. The molecule has 3 rings (SSSR count). The molecule has 0 radical (unpaired) electrons. The van der Waals surface area contributed by atoms with E-state index in [4.69, 9.17) is 10.5 Å². The summed E-state index contributed by atoms with van der Waals surface area (Å²) < 4.78 is 32.8. The van der Waals surface area contributed by atoms with Gasteiger partial charge in [0.05, 0.1) is 5.92 Å². The number of halogens is 2. The van der Waals surface area contributed by atoms with Crippen LogP contribution in [0.2, 0.25) is 0 Å². The van der Waals surface area contributed by atoms with Crippen LogP contribution in [0.1, 0.15) is 55.2 Å². The first-order valence-corrected chi connectivity index (χ1v) is 9.34. The number of hydrogen-bond acceptors (Lipinski definition) is 4. The molecule has 28 heavy (non-hydrogen) atoms. The lowest BCUT2D eigenvalue weighted by Crippen LogP contribution is -2.21. The van der Waals surface area contributed by atoms with Gasteiger partial charge in [-0.2, -0.15) is 5.26 Å². The first-order valence-electron chi connectivity index (χ1n) is 9.34. The van der Waals surface area contributed by atoms with Crippen molar-refractivity contribution in [2.45, 2.75) is 44.9 Å². The Bertz CT molecular complexity index is 964. The summed E-state index contributed by atoms with van der Waals surface area (Å²) in [5.74, 6) is -2.37. The highest BCUT2D eigenvalue weighted by atomic mass is 19.2. The van der Waals surface area contributed by atoms with Gasteiger partial charge in [-0.05, 0) is 42.2 Å². The van der Waals surface area contributed by atoms with Crippen LogP contribution in [0.25, 0.3) is 0 Å². The SMILES string of the molecule is CCCCCCc1cc2c(cc1O)OC(N)=C(C#N)[C@H]2c1ccc(F)c(F)c1. The molecule has 0 spiro atoms. The van der Waals surface area contributed by atoms with E-state index in [1.165, 1.54) is 12.1 Å². The molecule has 1 aliphatic rings. The summed E-state index contributed by atoms with van der Waals surface area (Å²) in [6.45, 7) is 2.13. The maximum Gasteiger partial charge on any atom is 0.205 e. The molecule has 0 aliphatic carbocycles. The zero-order chi connectivity index (χ0) is 20.3. The molecule has 0 saturated carbocycles. The molecular weight excluding hydrogens is 362 g/mol. The Morgan fingerprint density at radius 2 is 1.93 bits per heavy atom. The fourth-order valence-electron chi connectivity index (χ4n) is 3.52. The van der Waals surface area contributed by atoms with Gasteiger partial charge in [0.15, 0.2) is 11.6 Å². The van der Waals surface area contributed by atoms with Crippen molar-refractivity contribution < 1.29 is 18.6 Å². The summed E-state index contributed by atoms with van der Waals surface area (Å²) in [6.07, 6.45) is 4.86. The van der Waals surface area contributed by atoms with E-state index in [1.807, 2.05) is 6.07 Å². The van der Waals surface area contributed by atoms with Gasteiger partial charge >= 0.3 is 0 Å². The number of aromatic hydroxyl groups is 1. The molecule has 0 amide bonds. The predicted octanol–water partition coefficient (Wildman–Crippen LogP) is 5.01. The van der Waals surface area contributed by atoms with Crippen LogP contribution in [-0.2, 0) is 6.42 Å². The number of unbranched alkanes of at least 4 members (excludes halogenated alkanes) is 3. The number of nitrogens with two attached hydrogens (primary N) is 1. The Morgan fingerprint density at radius 1 is 1.14 bits per heavy atom. The van der Waals surface area contributed by atoms with Crippen molar-refractivity contribution in [2.75, 3.05) is 0 Å². The number of fused-ring (bicyclic) bond motifs is 1. The van der Waals surface area contributed by atoms with E-state index in [-0.39, 0.29) is 17.2 Å². The van der Waals surface area contributed by atoms with Gasteiger partial charge < -0.3 is 15.6 Å². The number of nitriles is 1. The second kappa shape index (κ2) is 8.30. The van der Waals surface area contributed by atoms with Crippen LogP contribution in [0.5, 0.6) is 11.5 Å². The minimum absolute atomic E-state index is 0.0903. The van der Waals surface area contributed by atoms with E-state index in [0.717, 1.165) is 43.4 Å². The molecule has 6 heteroatoms. The zero-order valence-corrected chi connectivity index (χ0v) is 15.6. The molecule has 0 saturated heterocycles. The number of hydrogen-bond donors (Lipinski definition) is 2. The van der Waals surface area contributed by atoms with Crippen molar-refractivity contribution in [1.82, 2.24) is 0 Å². The lowest BCUT2D eigenvalue weighted by atomic mass is 9.82. The van der Waals surface area contributed by atoms with Gasteiger partial charge in [0.1, 0.15) is 23.1 Å². The van der Waals surface area contributed by atoms with E-state index in [1.54, 1.807) is 6.07 Å². The van der Waals surface area contributed by atoms with Crippen LogP contribution in [0, 0.1) is 23.0 Å². The van der Waals surface area contributed by atoms with Crippen molar-refractivity contribution >= 4 is 0 Å². The Balaban J connectivity index is 2.06. The van der Waals surface area contributed by atoms with Crippen molar-refractivity contribution in [3.63, 3.8) is 0 Å². The average Bonchev–Trinajstić information content (AvgIpc) is 2.67. The molecule has 0 unspecified atom stereocenters. The second-order valence-corrected chi connectivity index (χ2v) is 6.93. The number of phenols is 1. The van der Waals surface area contributed by atoms with Crippen LogP contribution >= 0.6 is 0 Å². The van der Waals surface area contributed by atoms with E-state index < -0.39 is 17.6 Å². The molecule has 1 heterocycles. The Hall–Kier alpha value is -3.07. The minimum Gasteiger partial charge on any atom is -0.508 e. The summed E-state index contributed by atoms with van der Waals surface area (Å²) >= 11 is 0. The normalized spacial score (nSPS) is 15.7. The highest BCUT2D eigenvalue weighted by molar-refractivity contribution is 5.59. The molecule has 0 bridgehead atoms. The zero-order valence-electron chi connectivity index (χ0n) is 15.6. The van der Waals surface area contributed by atoms with Gasteiger partial charge in [-0.15, -0.1) is 0 Å². The number of benzene rings is 2. The molecule has 4 nitrogen and oxygen atoms in total. The van der Waals surface area contributed by atoms with Crippen LogP contribution in [0.4, 0.5) is 8.78 Å². The first kappa shape index (κ1) is 19.7. The summed E-state index contributed by atoms with van der Waals surface area (Å²) in [5.41, 5.74) is 7.73. The average molecular weight is 384 g/mol. The van der Waals surface area contributed by atoms with Gasteiger partial charge in [0, 0.05) is 11.6 Å². The highest BCUT2D eigenvalue weighted by Crippen LogP contribution is 2.44. The summed E-state index contributed by atoms with van der Waals surface area (Å²) in [6, 6.07) is 8.78. The van der Waals surface area contributed by atoms with Crippen LogP contribution in [-0.4, -0.2) is 5.11 Å². The quantitative estimate of drug-likeness (QED) is 0.686. The van der Waals surface area contributed by atoms with E-state index in [2.05, 4.69) is 6.92 Å². The highest BCUT2D eigenvalue weighted by Gasteiger charge is 2.32. The number of phenolic OH excluding ortho intramolecular Hbond substituents is 1. The number of ether oxygens (including phenoxy) is 1.